The molecule has 0 fully saturated rings. The van der Waals surface area contributed by atoms with E-state index in [0.29, 0.717) is 10.6 Å². The Bertz CT molecular complexity index is 584. The Labute approximate surface area is 130 Å². The number of benzene rings is 2. The summed E-state index contributed by atoms with van der Waals surface area (Å²) >= 11 is 13.4. The first kappa shape index (κ1) is 13.6. The number of thiocarbonyl (C=S) groups is 1. The van der Waals surface area contributed by atoms with Gasteiger partial charge in [0.25, 0.3) is 0 Å². The molecule has 2 nitrogen and oxygen atoms in total. The first-order valence-electron chi connectivity index (χ1n) is 5.19. The van der Waals surface area contributed by atoms with Gasteiger partial charge in [0.15, 0.2) is 0 Å². The molecule has 0 spiro atoms. The molecule has 0 amide bonds. The van der Waals surface area contributed by atoms with E-state index in [4.69, 9.17) is 29.6 Å². The fraction of sp³-hybridized carbons (Fsp3) is 0. The summed E-state index contributed by atoms with van der Waals surface area (Å²) in [6.45, 7) is 0. The van der Waals surface area contributed by atoms with Crippen molar-refractivity contribution in [3.8, 4) is 0 Å². The largest absolute Gasteiger partial charge is 0.389 e. The summed E-state index contributed by atoms with van der Waals surface area (Å²) in [5.74, 6) is 0. The van der Waals surface area contributed by atoms with E-state index in [0.717, 1.165) is 11.4 Å². The Balaban J connectivity index is 2.37. The second-order valence-corrected chi connectivity index (χ2v) is 5.75. The molecule has 0 atom stereocenters. The molecule has 92 valence electrons. The minimum Gasteiger partial charge on any atom is -0.389 e. The number of halogens is 2. The number of hydrogen-bond donors (Lipinski definition) is 2. The standard InChI is InChI=1S/C13H10ClIN2S/c14-10-2-1-3-11(12(10)13(16)18)17-9-6-4-8(15)5-7-9/h1-7,17H,(H2,16,18). The van der Waals surface area contributed by atoms with Crippen molar-refractivity contribution in [3.05, 3.63) is 56.6 Å². The van der Waals surface area contributed by atoms with Crippen molar-refractivity contribution in [2.24, 2.45) is 5.73 Å². The molecular formula is C13H10ClIN2S. The summed E-state index contributed by atoms with van der Waals surface area (Å²) < 4.78 is 1.18. The molecule has 2 aromatic carbocycles. The van der Waals surface area contributed by atoms with Gasteiger partial charge in [0.1, 0.15) is 4.99 Å². The van der Waals surface area contributed by atoms with Crippen LogP contribution in [0.25, 0.3) is 0 Å². The lowest BCUT2D eigenvalue weighted by atomic mass is 10.1. The van der Waals surface area contributed by atoms with Crippen LogP contribution in [0.15, 0.2) is 42.5 Å². The average molecular weight is 389 g/mol. The van der Waals surface area contributed by atoms with Crippen LogP contribution in [0.1, 0.15) is 5.56 Å². The first-order chi connectivity index (χ1) is 8.58. The molecule has 0 aliphatic rings. The highest BCUT2D eigenvalue weighted by atomic mass is 127. The molecule has 0 aliphatic carbocycles. The highest BCUT2D eigenvalue weighted by Crippen LogP contribution is 2.27. The Morgan fingerprint density at radius 3 is 2.44 bits per heavy atom. The van der Waals surface area contributed by atoms with E-state index in [2.05, 4.69) is 27.9 Å². The van der Waals surface area contributed by atoms with Crippen molar-refractivity contribution in [2.75, 3.05) is 5.32 Å². The minimum atomic E-state index is 0.286. The van der Waals surface area contributed by atoms with Crippen LogP contribution in [0.4, 0.5) is 11.4 Å². The van der Waals surface area contributed by atoms with Gasteiger partial charge in [0, 0.05) is 9.26 Å². The molecule has 0 bridgehead atoms. The molecule has 5 heteroatoms. The lowest BCUT2D eigenvalue weighted by Gasteiger charge is -2.12. The van der Waals surface area contributed by atoms with Gasteiger partial charge in [-0.05, 0) is 59.0 Å². The van der Waals surface area contributed by atoms with Crippen LogP contribution in [0.5, 0.6) is 0 Å². The van der Waals surface area contributed by atoms with Crippen molar-refractivity contribution < 1.29 is 0 Å². The van der Waals surface area contributed by atoms with Gasteiger partial charge < -0.3 is 11.1 Å². The number of nitrogens with one attached hydrogen (secondary N) is 1. The van der Waals surface area contributed by atoms with Gasteiger partial charge in [-0.1, -0.05) is 29.9 Å². The molecular weight excluding hydrogens is 379 g/mol. The molecule has 0 aromatic heterocycles. The lowest BCUT2D eigenvalue weighted by Crippen LogP contribution is -2.12. The smallest absolute Gasteiger partial charge is 0.107 e. The van der Waals surface area contributed by atoms with Crippen molar-refractivity contribution in [1.82, 2.24) is 0 Å². The van der Waals surface area contributed by atoms with Crippen molar-refractivity contribution in [2.45, 2.75) is 0 Å². The van der Waals surface area contributed by atoms with Crippen molar-refractivity contribution in [1.29, 1.82) is 0 Å². The maximum atomic E-state index is 6.11. The van der Waals surface area contributed by atoms with Crippen LogP contribution in [0, 0.1) is 3.57 Å². The number of nitrogens with two attached hydrogens (primary N) is 1. The SMILES string of the molecule is NC(=S)c1c(Cl)cccc1Nc1ccc(I)cc1. The maximum absolute atomic E-state index is 6.11. The minimum absolute atomic E-state index is 0.286. The fourth-order valence-corrected chi connectivity index (χ4v) is 2.48. The molecule has 0 unspecified atom stereocenters. The van der Waals surface area contributed by atoms with E-state index in [-0.39, 0.29) is 4.99 Å². The lowest BCUT2D eigenvalue weighted by molar-refractivity contribution is 1.51. The van der Waals surface area contributed by atoms with E-state index < -0.39 is 0 Å². The Morgan fingerprint density at radius 1 is 1.17 bits per heavy atom. The Kier molecular flexibility index (Phi) is 4.42. The molecule has 0 radical (unpaired) electrons. The summed E-state index contributed by atoms with van der Waals surface area (Å²) in [4.78, 5) is 0.286. The highest BCUT2D eigenvalue weighted by molar-refractivity contribution is 14.1. The van der Waals surface area contributed by atoms with Crippen LogP contribution in [-0.2, 0) is 0 Å². The molecule has 0 aliphatic heterocycles. The zero-order valence-electron chi connectivity index (χ0n) is 9.28. The summed E-state index contributed by atoms with van der Waals surface area (Å²) in [6.07, 6.45) is 0. The topological polar surface area (TPSA) is 38.0 Å². The summed E-state index contributed by atoms with van der Waals surface area (Å²) in [5.41, 5.74) is 8.16. The van der Waals surface area contributed by atoms with Gasteiger partial charge in [0.05, 0.1) is 16.3 Å². The molecule has 18 heavy (non-hydrogen) atoms. The van der Waals surface area contributed by atoms with Crippen LogP contribution < -0.4 is 11.1 Å². The van der Waals surface area contributed by atoms with Crippen molar-refractivity contribution >= 4 is 62.8 Å². The van der Waals surface area contributed by atoms with Crippen LogP contribution in [0.2, 0.25) is 5.02 Å². The maximum Gasteiger partial charge on any atom is 0.107 e. The predicted molar refractivity (Wildman–Crippen MR) is 89.8 cm³/mol. The zero-order chi connectivity index (χ0) is 13.1. The van der Waals surface area contributed by atoms with Crippen LogP contribution >= 0.6 is 46.4 Å². The summed E-state index contributed by atoms with van der Waals surface area (Å²) in [5, 5.41) is 3.82. The Hall–Kier alpha value is -0.850. The third kappa shape index (κ3) is 3.13. The van der Waals surface area contributed by atoms with E-state index in [1.165, 1.54) is 3.57 Å². The third-order valence-corrected chi connectivity index (χ3v) is 3.62. The van der Waals surface area contributed by atoms with E-state index in [9.17, 15) is 0 Å². The second kappa shape index (κ2) is 5.86. The van der Waals surface area contributed by atoms with Crippen LogP contribution in [0.3, 0.4) is 0 Å². The van der Waals surface area contributed by atoms with Crippen molar-refractivity contribution in [3.63, 3.8) is 0 Å². The van der Waals surface area contributed by atoms with Gasteiger partial charge >= 0.3 is 0 Å². The number of rotatable bonds is 3. The fourth-order valence-electron chi connectivity index (χ4n) is 1.57. The van der Waals surface area contributed by atoms with Crippen LogP contribution in [-0.4, -0.2) is 4.99 Å². The predicted octanol–water partition coefficient (Wildman–Crippen LogP) is 4.32. The second-order valence-electron chi connectivity index (χ2n) is 3.66. The number of anilines is 2. The molecule has 2 rings (SSSR count). The first-order valence-corrected chi connectivity index (χ1v) is 7.05. The average Bonchev–Trinajstić information content (AvgIpc) is 2.32. The molecule has 0 heterocycles. The number of hydrogen-bond acceptors (Lipinski definition) is 2. The van der Waals surface area contributed by atoms with E-state index in [1.807, 2.05) is 36.4 Å². The van der Waals surface area contributed by atoms with Gasteiger partial charge in [-0.3, -0.25) is 0 Å². The monoisotopic (exact) mass is 388 g/mol. The van der Waals surface area contributed by atoms with Gasteiger partial charge in [0.2, 0.25) is 0 Å². The van der Waals surface area contributed by atoms with Gasteiger partial charge in [-0.25, -0.2) is 0 Å². The summed E-state index contributed by atoms with van der Waals surface area (Å²) in [7, 11) is 0. The molecule has 3 N–H and O–H groups in total. The Morgan fingerprint density at radius 2 is 1.83 bits per heavy atom. The van der Waals surface area contributed by atoms with Gasteiger partial charge in [-0.2, -0.15) is 0 Å². The molecule has 0 saturated heterocycles. The summed E-state index contributed by atoms with van der Waals surface area (Å²) in [6, 6.07) is 13.6. The van der Waals surface area contributed by atoms with E-state index in [1.54, 1.807) is 6.07 Å². The zero-order valence-corrected chi connectivity index (χ0v) is 13.0. The highest BCUT2D eigenvalue weighted by Gasteiger charge is 2.09. The third-order valence-electron chi connectivity index (χ3n) is 2.38. The molecule has 2 aromatic rings. The van der Waals surface area contributed by atoms with E-state index >= 15 is 0 Å². The molecule has 0 saturated carbocycles. The van der Waals surface area contributed by atoms with Gasteiger partial charge in [-0.15, -0.1) is 0 Å². The quantitative estimate of drug-likeness (QED) is 0.607. The normalized spacial score (nSPS) is 10.1.